The van der Waals surface area contributed by atoms with Gasteiger partial charge < -0.3 is 14.9 Å². The summed E-state index contributed by atoms with van der Waals surface area (Å²) >= 11 is 0. The molecule has 0 unspecified atom stereocenters. The summed E-state index contributed by atoms with van der Waals surface area (Å²) in [5, 5.41) is 1.11. The molecule has 0 spiro atoms. The Morgan fingerprint density at radius 3 is 2.87 bits per heavy atom. The Kier molecular flexibility index (Phi) is 2.64. The molecule has 0 amide bonds. The summed E-state index contributed by atoms with van der Waals surface area (Å²) in [7, 11) is 1.65. The number of furan rings is 1. The molecule has 0 saturated carbocycles. The maximum atomic E-state index is 5.55. The van der Waals surface area contributed by atoms with Crippen molar-refractivity contribution in [2.75, 3.05) is 13.7 Å². The average Bonchev–Trinajstić information content (AvgIpc) is 2.61. The molecule has 2 aromatic rings. The third kappa shape index (κ3) is 1.70. The lowest BCUT2D eigenvalue weighted by molar-refractivity contribution is 0.410. The van der Waals surface area contributed by atoms with Crippen molar-refractivity contribution in [3.8, 4) is 5.75 Å². The minimum atomic E-state index is 0.630. The molecule has 80 valence electrons. The average molecular weight is 205 g/mol. The van der Waals surface area contributed by atoms with Gasteiger partial charge in [-0.15, -0.1) is 0 Å². The van der Waals surface area contributed by atoms with Crippen LogP contribution in [0.4, 0.5) is 0 Å². The van der Waals surface area contributed by atoms with Crippen molar-refractivity contribution in [2.45, 2.75) is 13.3 Å². The van der Waals surface area contributed by atoms with Crippen LogP contribution in [0.3, 0.4) is 0 Å². The fraction of sp³-hybridized carbons (Fsp3) is 0.333. The summed E-state index contributed by atoms with van der Waals surface area (Å²) in [6, 6.07) is 4.07. The Balaban J connectivity index is 2.64. The number of benzene rings is 1. The van der Waals surface area contributed by atoms with E-state index in [-0.39, 0.29) is 0 Å². The lowest BCUT2D eigenvalue weighted by atomic mass is 10.1. The van der Waals surface area contributed by atoms with Crippen molar-refractivity contribution in [3.63, 3.8) is 0 Å². The maximum Gasteiger partial charge on any atom is 0.175 e. The molecule has 3 nitrogen and oxygen atoms in total. The molecule has 0 bridgehead atoms. The zero-order valence-electron chi connectivity index (χ0n) is 9.04. The predicted octanol–water partition coefficient (Wildman–Crippen LogP) is 2.25. The first kappa shape index (κ1) is 10.1. The molecule has 0 aliphatic carbocycles. The molecule has 0 saturated heterocycles. The van der Waals surface area contributed by atoms with E-state index in [0.29, 0.717) is 6.54 Å². The van der Waals surface area contributed by atoms with Crippen molar-refractivity contribution in [2.24, 2.45) is 5.73 Å². The van der Waals surface area contributed by atoms with Gasteiger partial charge >= 0.3 is 0 Å². The van der Waals surface area contributed by atoms with Gasteiger partial charge in [-0.3, -0.25) is 0 Å². The number of rotatable bonds is 3. The largest absolute Gasteiger partial charge is 0.493 e. The molecule has 1 aromatic carbocycles. The van der Waals surface area contributed by atoms with Crippen molar-refractivity contribution < 1.29 is 9.15 Å². The minimum Gasteiger partial charge on any atom is -0.493 e. The standard InChI is InChI=1S/C12H15NO2/c1-8-5-10-9(3-4-13)7-15-12(10)11(6-8)14-2/h5-7H,3-4,13H2,1-2H3. The lowest BCUT2D eigenvalue weighted by Gasteiger charge is -2.02. The highest BCUT2D eigenvalue weighted by molar-refractivity contribution is 5.87. The number of methoxy groups -OCH3 is 1. The molecule has 3 heteroatoms. The van der Waals surface area contributed by atoms with Crippen LogP contribution in [-0.4, -0.2) is 13.7 Å². The van der Waals surface area contributed by atoms with E-state index in [1.54, 1.807) is 13.4 Å². The fourth-order valence-corrected chi connectivity index (χ4v) is 1.79. The molecule has 2 rings (SSSR count). The summed E-state index contributed by atoms with van der Waals surface area (Å²) < 4.78 is 10.8. The third-order valence-electron chi connectivity index (χ3n) is 2.50. The molecular weight excluding hydrogens is 190 g/mol. The Hall–Kier alpha value is -1.48. The molecule has 1 aromatic heterocycles. The van der Waals surface area contributed by atoms with Crippen LogP contribution in [0.1, 0.15) is 11.1 Å². The Morgan fingerprint density at radius 1 is 1.40 bits per heavy atom. The second kappa shape index (κ2) is 3.95. The molecule has 15 heavy (non-hydrogen) atoms. The highest BCUT2D eigenvalue weighted by atomic mass is 16.5. The summed E-state index contributed by atoms with van der Waals surface area (Å²) in [5.41, 5.74) is 8.67. The van der Waals surface area contributed by atoms with E-state index in [1.165, 1.54) is 5.56 Å². The molecule has 0 atom stereocenters. The van der Waals surface area contributed by atoms with E-state index in [2.05, 4.69) is 6.07 Å². The van der Waals surface area contributed by atoms with Gasteiger partial charge in [0, 0.05) is 5.39 Å². The first-order chi connectivity index (χ1) is 7.26. The zero-order chi connectivity index (χ0) is 10.8. The first-order valence-corrected chi connectivity index (χ1v) is 5.01. The highest BCUT2D eigenvalue weighted by Gasteiger charge is 2.10. The van der Waals surface area contributed by atoms with Crippen molar-refractivity contribution in [1.82, 2.24) is 0 Å². The second-order valence-electron chi connectivity index (χ2n) is 3.64. The summed E-state index contributed by atoms with van der Waals surface area (Å²) in [6.07, 6.45) is 2.60. The first-order valence-electron chi connectivity index (χ1n) is 5.01. The monoisotopic (exact) mass is 205 g/mol. The van der Waals surface area contributed by atoms with Gasteiger partial charge in [-0.2, -0.15) is 0 Å². The molecule has 0 radical (unpaired) electrons. The molecule has 2 N–H and O–H groups in total. The molecule has 1 heterocycles. The predicted molar refractivity (Wildman–Crippen MR) is 60.3 cm³/mol. The van der Waals surface area contributed by atoms with Crippen molar-refractivity contribution >= 4 is 11.0 Å². The lowest BCUT2D eigenvalue weighted by Crippen LogP contribution is -2.01. The van der Waals surface area contributed by atoms with E-state index in [1.807, 2.05) is 13.0 Å². The number of fused-ring (bicyclic) bond motifs is 1. The van der Waals surface area contributed by atoms with Gasteiger partial charge in [0.2, 0.25) is 0 Å². The van der Waals surface area contributed by atoms with Crippen LogP contribution in [-0.2, 0) is 6.42 Å². The molecule has 0 aliphatic heterocycles. The number of ether oxygens (including phenoxy) is 1. The SMILES string of the molecule is COc1cc(C)cc2c(CCN)coc12. The van der Waals surface area contributed by atoms with E-state index in [9.17, 15) is 0 Å². The Labute approximate surface area is 88.8 Å². The van der Waals surface area contributed by atoms with Crippen LogP contribution in [0.25, 0.3) is 11.0 Å². The third-order valence-corrected chi connectivity index (χ3v) is 2.50. The van der Waals surface area contributed by atoms with Crippen LogP contribution >= 0.6 is 0 Å². The zero-order valence-corrected chi connectivity index (χ0v) is 9.04. The van der Waals surface area contributed by atoms with Crippen LogP contribution in [0.15, 0.2) is 22.8 Å². The number of nitrogens with two attached hydrogens (primary N) is 1. The summed E-state index contributed by atoms with van der Waals surface area (Å²) in [6.45, 7) is 2.67. The quantitative estimate of drug-likeness (QED) is 0.836. The van der Waals surface area contributed by atoms with E-state index >= 15 is 0 Å². The second-order valence-corrected chi connectivity index (χ2v) is 3.64. The smallest absolute Gasteiger partial charge is 0.175 e. The molecule has 0 aliphatic rings. The van der Waals surface area contributed by atoms with Gasteiger partial charge in [0.05, 0.1) is 13.4 Å². The normalized spacial score (nSPS) is 10.9. The summed E-state index contributed by atoms with van der Waals surface area (Å²) in [5.74, 6) is 0.785. The van der Waals surface area contributed by atoms with Crippen LogP contribution < -0.4 is 10.5 Å². The van der Waals surface area contributed by atoms with Gasteiger partial charge in [0.1, 0.15) is 0 Å². The maximum absolute atomic E-state index is 5.55. The van der Waals surface area contributed by atoms with Crippen molar-refractivity contribution in [3.05, 3.63) is 29.5 Å². The topological polar surface area (TPSA) is 48.4 Å². The highest BCUT2D eigenvalue weighted by Crippen LogP contribution is 2.31. The van der Waals surface area contributed by atoms with Gasteiger partial charge in [-0.05, 0) is 43.1 Å². The molecular formula is C12H15NO2. The van der Waals surface area contributed by atoms with Gasteiger partial charge in [0.15, 0.2) is 11.3 Å². The van der Waals surface area contributed by atoms with E-state index < -0.39 is 0 Å². The van der Waals surface area contributed by atoms with E-state index in [4.69, 9.17) is 14.9 Å². The molecule has 0 fully saturated rings. The summed E-state index contributed by atoms with van der Waals surface area (Å²) in [4.78, 5) is 0. The fourth-order valence-electron chi connectivity index (χ4n) is 1.79. The number of aryl methyl sites for hydroxylation is 1. The van der Waals surface area contributed by atoms with Crippen LogP contribution in [0, 0.1) is 6.92 Å². The number of hydrogen-bond acceptors (Lipinski definition) is 3. The van der Waals surface area contributed by atoms with E-state index in [0.717, 1.165) is 28.7 Å². The number of hydrogen-bond donors (Lipinski definition) is 1. The Bertz CT molecular complexity index is 474. The van der Waals surface area contributed by atoms with Gasteiger partial charge in [0.25, 0.3) is 0 Å². The van der Waals surface area contributed by atoms with Gasteiger partial charge in [-0.25, -0.2) is 0 Å². The van der Waals surface area contributed by atoms with Crippen LogP contribution in [0.2, 0.25) is 0 Å². The van der Waals surface area contributed by atoms with Crippen molar-refractivity contribution in [1.29, 1.82) is 0 Å². The van der Waals surface area contributed by atoms with Gasteiger partial charge in [-0.1, -0.05) is 0 Å². The van der Waals surface area contributed by atoms with Crippen LogP contribution in [0.5, 0.6) is 5.75 Å². The Morgan fingerprint density at radius 2 is 2.20 bits per heavy atom. The minimum absolute atomic E-state index is 0.630.